The highest BCUT2D eigenvalue weighted by Crippen LogP contribution is 1.90. The zero-order chi connectivity index (χ0) is 8.53. The molecule has 4 heteroatoms. The van der Waals surface area contributed by atoms with E-state index in [1.807, 2.05) is 6.07 Å². The first kappa shape index (κ1) is 9.76. The summed E-state index contributed by atoms with van der Waals surface area (Å²) in [4.78, 5) is 10.6. The summed E-state index contributed by atoms with van der Waals surface area (Å²) < 4.78 is 0. The minimum Gasteiger partial charge on any atom is -0.341 e. The monoisotopic (exact) mass is 155 g/mol. The number of nitriles is 1. The van der Waals surface area contributed by atoms with Crippen LogP contribution in [0, 0.1) is 11.3 Å². The van der Waals surface area contributed by atoms with E-state index >= 15 is 0 Å². The molecule has 62 valence electrons. The summed E-state index contributed by atoms with van der Waals surface area (Å²) in [7, 11) is 1.57. The number of carbonyl (C=O) groups excluding carboxylic acids is 1. The van der Waals surface area contributed by atoms with E-state index in [9.17, 15) is 4.79 Å². The van der Waals surface area contributed by atoms with Crippen LogP contribution in [0.5, 0.6) is 0 Å². The number of hydrogen-bond acceptors (Lipinski definition) is 2. The minimum absolute atomic E-state index is 0.165. The Hall–Kier alpha value is -1.24. The number of rotatable bonds is 4. The molecule has 4 nitrogen and oxygen atoms in total. The van der Waals surface area contributed by atoms with Crippen LogP contribution in [-0.2, 0) is 0 Å². The Morgan fingerprint density at radius 1 is 1.55 bits per heavy atom. The molecule has 0 rings (SSSR count). The van der Waals surface area contributed by atoms with E-state index < -0.39 is 0 Å². The van der Waals surface area contributed by atoms with Gasteiger partial charge < -0.3 is 10.6 Å². The van der Waals surface area contributed by atoms with Crippen molar-refractivity contribution in [3.8, 4) is 6.07 Å². The Balaban J connectivity index is 3.03. The largest absolute Gasteiger partial charge is 0.341 e. The van der Waals surface area contributed by atoms with Gasteiger partial charge >= 0.3 is 6.03 Å². The lowest BCUT2D eigenvalue weighted by Gasteiger charge is -2.01. The predicted molar refractivity (Wildman–Crippen MR) is 41.9 cm³/mol. The lowest BCUT2D eigenvalue weighted by atomic mass is 10.2. The fraction of sp³-hybridized carbons (Fsp3) is 0.714. The van der Waals surface area contributed by atoms with Crippen molar-refractivity contribution in [2.45, 2.75) is 19.3 Å². The van der Waals surface area contributed by atoms with Gasteiger partial charge in [-0.2, -0.15) is 5.26 Å². The van der Waals surface area contributed by atoms with Crippen molar-refractivity contribution in [3.63, 3.8) is 0 Å². The molecule has 0 aliphatic heterocycles. The van der Waals surface area contributed by atoms with Crippen molar-refractivity contribution < 1.29 is 4.79 Å². The predicted octanol–water partition coefficient (Wildman–Crippen LogP) is 0.609. The molecule has 0 unspecified atom stereocenters. The van der Waals surface area contributed by atoms with Crippen molar-refractivity contribution in [1.82, 2.24) is 10.6 Å². The molecule has 0 spiro atoms. The Kier molecular flexibility index (Phi) is 6.10. The van der Waals surface area contributed by atoms with E-state index in [-0.39, 0.29) is 6.03 Å². The van der Waals surface area contributed by atoms with Crippen LogP contribution in [0.1, 0.15) is 19.3 Å². The molecule has 0 heterocycles. The fourth-order valence-corrected chi connectivity index (χ4v) is 0.619. The summed E-state index contributed by atoms with van der Waals surface area (Å²) in [5.41, 5.74) is 0. The van der Waals surface area contributed by atoms with Gasteiger partial charge in [-0.05, 0) is 12.8 Å². The van der Waals surface area contributed by atoms with E-state index in [1.54, 1.807) is 7.05 Å². The molecule has 0 aromatic rings. The average Bonchev–Trinajstić information content (AvgIpc) is 2.04. The number of amides is 2. The van der Waals surface area contributed by atoms with Crippen LogP contribution in [0.15, 0.2) is 0 Å². The molecule has 0 atom stereocenters. The first-order valence-corrected chi connectivity index (χ1v) is 3.63. The highest BCUT2D eigenvalue weighted by molar-refractivity contribution is 5.73. The third-order valence-corrected chi connectivity index (χ3v) is 1.23. The second-order valence-electron chi connectivity index (χ2n) is 2.12. The van der Waals surface area contributed by atoms with Crippen LogP contribution >= 0.6 is 0 Å². The molecule has 0 bridgehead atoms. The van der Waals surface area contributed by atoms with E-state index in [0.29, 0.717) is 13.0 Å². The fourth-order valence-electron chi connectivity index (χ4n) is 0.619. The second kappa shape index (κ2) is 6.87. The van der Waals surface area contributed by atoms with Gasteiger partial charge in [-0.15, -0.1) is 0 Å². The molecule has 0 fully saturated rings. The van der Waals surface area contributed by atoms with Crippen LogP contribution in [0.25, 0.3) is 0 Å². The second-order valence-corrected chi connectivity index (χ2v) is 2.12. The third-order valence-electron chi connectivity index (χ3n) is 1.23. The van der Waals surface area contributed by atoms with Gasteiger partial charge in [-0.1, -0.05) is 0 Å². The standard InChI is InChI=1S/C7H13N3O/c1-9-7(11)10-6-4-2-3-5-8/h2-4,6H2,1H3,(H2,9,10,11). The molecule has 0 aromatic heterocycles. The minimum atomic E-state index is -0.165. The summed E-state index contributed by atoms with van der Waals surface area (Å²) in [5.74, 6) is 0. The number of unbranched alkanes of at least 4 members (excludes halogenated alkanes) is 2. The van der Waals surface area contributed by atoms with E-state index in [0.717, 1.165) is 12.8 Å². The summed E-state index contributed by atoms with van der Waals surface area (Å²) >= 11 is 0. The van der Waals surface area contributed by atoms with Gasteiger partial charge in [0.25, 0.3) is 0 Å². The van der Waals surface area contributed by atoms with E-state index in [1.165, 1.54) is 0 Å². The number of carbonyl (C=O) groups is 1. The highest BCUT2D eigenvalue weighted by Gasteiger charge is 1.92. The van der Waals surface area contributed by atoms with Crippen LogP contribution in [-0.4, -0.2) is 19.6 Å². The Bertz CT molecular complexity index is 150. The molecule has 0 aliphatic rings. The zero-order valence-corrected chi connectivity index (χ0v) is 6.68. The molecule has 0 saturated heterocycles. The zero-order valence-electron chi connectivity index (χ0n) is 6.68. The smallest absolute Gasteiger partial charge is 0.314 e. The molecule has 0 saturated carbocycles. The highest BCUT2D eigenvalue weighted by atomic mass is 16.2. The first-order valence-electron chi connectivity index (χ1n) is 3.63. The molecule has 0 radical (unpaired) electrons. The number of nitrogens with one attached hydrogen (secondary N) is 2. The van der Waals surface area contributed by atoms with Gasteiger partial charge in [-0.25, -0.2) is 4.79 Å². The molecule has 0 aliphatic carbocycles. The maximum Gasteiger partial charge on any atom is 0.314 e. The Morgan fingerprint density at radius 3 is 2.82 bits per heavy atom. The maximum absolute atomic E-state index is 10.6. The van der Waals surface area contributed by atoms with Gasteiger partial charge in [0.2, 0.25) is 0 Å². The summed E-state index contributed by atoms with van der Waals surface area (Å²) in [6.45, 7) is 0.640. The third kappa shape index (κ3) is 6.65. The maximum atomic E-state index is 10.6. The van der Waals surface area contributed by atoms with Crippen molar-refractivity contribution in [3.05, 3.63) is 0 Å². The van der Waals surface area contributed by atoms with Crippen molar-refractivity contribution >= 4 is 6.03 Å². The van der Waals surface area contributed by atoms with Gasteiger partial charge in [-0.3, -0.25) is 0 Å². The normalized spacial score (nSPS) is 8.36. The van der Waals surface area contributed by atoms with Crippen LogP contribution in [0.3, 0.4) is 0 Å². The SMILES string of the molecule is CNC(=O)NCCCCC#N. The molecular formula is C7H13N3O. The molecule has 0 aromatic carbocycles. The Labute approximate surface area is 66.6 Å². The van der Waals surface area contributed by atoms with Crippen molar-refractivity contribution in [2.75, 3.05) is 13.6 Å². The van der Waals surface area contributed by atoms with Crippen LogP contribution < -0.4 is 10.6 Å². The van der Waals surface area contributed by atoms with Crippen LogP contribution in [0.4, 0.5) is 4.79 Å². The van der Waals surface area contributed by atoms with Crippen LogP contribution in [0.2, 0.25) is 0 Å². The van der Waals surface area contributed by atoms with Crippen molar-refractivity contribution in [2.24, 2.45) is 0 Å². The number of urea groups is 1. The van der Waals surface area contributed by atoms with Gasteiger partial charge in [0.1, 0.15) is 0 Å². The summed E-state index contributed by atoms with van der Waals surface area (Å²) in [6, 6.07) is 1.88. The number of hydrogen-bond donors (Lipinski definition) is 2. The average molecular weight is 155 g/mol. The topological polar surface area (TPSA) is 64.9 Å². The van der Waals surface area contributed by atoms with Crippen molar-refractivity contribution in [1.29, 1.82) is 5.26 Å². The molecule has 11 heavy (non-hydrogen) atoms. The molecule has 2 amide bonds. The van der Waals surface area contributed by atoms with E-state index in [2.05, 4.69) is 10.6 Å². The summed E-state index contributed by atoms with van der Waals surface area (Å²) in [6.07, 6.45) is 2.27. The number of nitrogens with zero attached hydrogens (tertiary/aromatic N) is 1. The first-order chi connectivity index (χ1) is 5.31. The quantitative estimate of drug-likeness (QED) is 0.584. The lowest BCUT2D eigenvalue weighted by Crippen LogP contribution is -2.33. The lowest BCUT2D eigenvalue weighted by molar-refractivity contribution is 0.242. The van der Waals surface area contributed by atoms with Gasteiger partial charge in [0.05, 0.1) is 6.07 Å². The van der Waals surface area contributed by atoms with E-state index in [4.69, 9.17) is 5.26 Å². The molecule has 2 N–H and O–H groups in total. The summed E-state index contributed by atoms with van der Waals surface area (Å²) in [5, 5.41) is 13.2. The van der Waals surface area contributed by atoms with Gasteiger partial charge in [0, 0.05) is 20.0 Å². The molecular weight excluding hydrogens is 142 g/mol. The van der Waals surface area contributed by atoms with Gasteiger partial charge in [0.15, 0.2) is 0 Å². The Morgan fingerprint density at radius 2 is 2.27 bits per heavy atom.